The molecule has 2 N–H and O–H groups in total. The predicted octanol–water partition coefficient (Wildman–Crippen LogP) is 1.09. The molecular weight excluding hydrogens is 270 g/mol. The molecule has 7 heteroatoms. The van der Waals surface area contributed by atoms with Gasteiger partial charge in [0.25, 0.3) is 0 Å². The van der Waals surface area contributed by atoms with Gasteiger partial charge in [-0.05, 0) is 24.1 Å². The molecule has 0 aliphatic rings. The average molecular weight is 287 g/mol. The molecule has 0 aliphatic heterocycles. The molecule has 1 rings (SSSR count). The third kappa shape index (κ3) is 6.21. The molecule has 0 unspecified atom stereocenters. The van der Waals surface area contributed by atoms with Gasteiger partial charge in [0.1, 0.15) is 0 Å². The van der Waals surface area contributed by atoms with Crippen molar-refractivity contribution in [2.24, 2.45) is 0 Å². The average Bonchev–Trinajstić information content (AvgIpc) is 2.27. The fourth-order valence-corrected chi connectivity index (χ4v) is 2.63. The Kier molecular flexibility index (Phi) is 5.78. The first-order valence-electron chi connectivity index (χ1n) is 5.73. The Morgan fingerprint density at radius 1 is 1.42 bits per heavy atom. The molecule has 0 radical (unpaired) electrons. The van der Waals surface area contributed by atoms with Gasteiger partial charge in [0, 0.05) is 19.4 Å². The number of anilines is 1. The van der Waals surface area contributed by atoms with Crippen molar-refractivity contribution >= 4 is 21.7 Å². The summed E-state index contributed by atoms with van der Waals surface area (Å²) in [5, 5.41) is 8.68. The highest BCUT2D eigenvalue weighted by Crippen LogP contribution is 2.13. The molecular formula is C12H17NO5S. The lowest BCUT2D eigenvalue weighted by atomic mass is 10.1. The molecule has 1 aromatic carbocycles. The number of hydrogen-bond acceptors (Lipinski definition) is 4. The highest BCUT2D eigenvalue weighted by molar-refractivity contribution is 7.92. The molecule has 0 fully saturated rings. The van der Waals surface area contributed by atoms with Gasteiger partial charge in [0.15, 0.2) is 0 Å². The summed E-state index contributed by atoms with van der Waals surface area (Å²) in [5.41, 5.74) is 0.917. The van der Waals surface area contributed by atoms with E-state index in [2.05, 4.69) is 4.72 Å². The first-order chi connectivity index (χ1) is 8.93. The van der Waals surface area contributed by atoms with Crippen LogP contribution in [0.5, 0.6) is 0 Å². The zero-order valence-corrected chi connectivity index (χ0v) is 11.4. The standard InChI is InChI=1S/C12H17NO5S/c1-18-6-3-7-19(16,17)13-11-5-2-4-10(8-11)9-12(14)15/h2,4-5,8,13H,3,6-7,9H2,1H3,(H,14,15). The minimum absolute atomic E-state index is 0.0377. The smallest absolute Gasteiger partial charge is 0.307 e. The van der Waals surface area contributed by atoms with Crippen molar-refractivity contribution in [3.63, 3.8) is 0 Å². The summed E-state index contributed by atoms with van der Waals surface area (Å²) in [4.78, 5) is 10.6. The lowest BCUT2D eigenvalue weighted by molar-refractivity contribution is -0.136. The van der Waals surface area contributed by atoms with Crippen LogP contribution in [-0.2, 0) is 26.0 Å². The van der Waals surface area contributed by atoms with Gasteiger partial charge in [0.05, 0.1) is 12.2 Å². The van der Waals surface area contributed by atoms with Gasteiger partial charge < -0.3 is 9.84 Å². The minimum atomic E-state index is -3.43. The van der Waals surface area contributed by atoms with Crippen LogP contribution in [0.3, 0.4) is 0 Å². The molecule has 0 atom stereocenters. The quantitative estimate of drug-likeness (QED) is 0.698. The summed E-state index contributed by atoms with van der Waals surface area (Å²) in [6, 6.07) is 6.35. The molecule has 0 saturated heterocycles. The summed E-state index contributed by atoms with van der Waals surface area (Å²) in [5.74, 6) is -0.996. The van der Waals surface area contributed by atoms with E-state index in [9.17, 15) is 13.2 Å². The van der Waals surface area contributed by atoms with Crippen LogP contribution in [0, 0.1) is 0 Å². The maximum atomic E-state index is 11.7. The number of nitrogens with one attached hydrogen (secondary N) is 1. The van der Waals surface area contributed by atoms with Gasteiger partial charge in [-0.3, -0.25) is 9.52 Å². The van der Waals surface area contributed by atoms with Crippen molar-refractivity contribution < 1.29 is 23.1 Å². The van der Waals surface area contributed by atoms with E-state index in [1.54, 1.807) is 18.2 Å². The molecule has 106 valence electrons. The van der Waals surface area contributed by atoms with Crippen molar-refractivity contribution in [3.8, 4) is 0 Å². The second-order valence-electron chi connectivity index (χ2n) is 4.04. The van der Waals surface area contributed by atoms with Crippen molar-refractivity contribution in [2.45, 2.75) is 12.8 Å². The lowest BCUT2D eigenvalue weighted by Gasteiger charge is -2.08. The van der Waals surface area contributed by atoms with Crippen molar-refractivity contribution in [3.05, 3.63) is 29.8 Å². The molecule has 0 saturated carbocycles. The number of ether oxygens (including phenoxy) is 1. The Labute approximate surface area is 112 Å². The molecule has 0 aromatic heterocycles. The zero-order valence-electron chi connectivity index (χ0n) is 10.6. The summed E-state index contributed by atoms with van der Waals surface area (Å²) >= 11 is 0. The van der Waals surface area contributed by atoms with E-state index in [0.717, 1.165) is 0 Å². The van der Waals surface area contributed by atoms with Crippen LogP contribution in [0.2, 0.25) is 0 Å². The number of carbonyl (C=O) groups is 1. The molecule has 1 aromatic rings. The van der Waals surface area contributed by atoms with Gasteiger partial charge >= 0.3 is 5.97 Å². The van der Waals surface area contributed by atoms with Gasteiger partial charge in [-0.1, -0.05) is 12.1 Å². The Morgan fingerprint density at radius 2 is 2.16 bits per heavy atom. The zero-order chi connectivity index (χ0) is 14.3. The van der Waals surface area contributed by atoms with Crippen LogP contribution in [0.1, 0.15) is 12.0 Å². The molecule has 0 heterocycles. The fraction of sp³-hybridized carbons (Fsp3) is 0.417. The number of sulfonamides is 1. The largest absolute Gasteiger partial charge is 0.481 e. The lowest BCUT2D eigenvalue weighted by Crippen LogP contribution is -2.17. The molecule has 0 aliphatic carbocycles. The Hall–Kier alpha value is -1.60. The molecule has 0 amide bonds. The molecule has 0 bridgehead atoms. The second-order valence-corrected chi connectivity index (χ2v) is 5.88. The number of hydrogen-bond donors (Lipinski definition) is 2. The van der Waals surface area contributed by atoms with Gasteiger partial charge in [0.2, 0.25) is 10.0 Å². The maximum Gasteiger partial charge on any atom is 0.307 e. The van der Waals surface area contributed by atoms with Crippen LogP contribution < -0.4 is 4.72 Å². The minimum Gasteiger partial charge on any atom is -0.481 e. The van der Waals surface area contributed by atoms with Crippen molar-refractivity contribution in [1.82, 2.24) is 0 Å². The van der Waals surface area contributed by atoms with Crippen LogP contribution >= 0.6 is 0 Å². The first kappa shape index (κ1) is 15.5. The van der Waals surface area contributed by atoms with Gasteiger partial charge in [-0.2, -0.15) is 0 Å². The molecule has 19 heavy (non-hydrogen) atoms. The first-order valence-corrected chi connectivity index (χ1v) is 7.38. The van der Waals surface area contributed by atoms with E-state index in [1.807, 2.05) is 0 Å². The summed E-state index contributed by atoms with van der Waals surface area (Å²) in [7, 11) is -1.92. The van der Waals surface area contributed by atoms with Crippen molar-refractivity contribution in [2.75, 3.05) is 24.2 Å². The SMILES string of the molecule is COCCCS(=O)(=O)Nc1cccc(CC(=O)O)c1. The van der Waals surface area contributed by atoms with E-state index in [-0.39, 0.29) is 12.2 Å². The maximum absolute atomic E-state index is 11.7. The Bertz CT molecular complexity index is 527. The Balaban J connectivity index is 2.68. The third-order valence-corrected chi connectivity index (χ3v) is 3.69. The number of rotatable bonds is 8. The molecule has 6 nitrogen and oxygen atoms in total. The van der Waals surface area contributed by atoms with Gasteiger partial charge in [-0.15, -0.1) is 0 Å². The number of carboxylic acids is 1. The predicted molar refractivity (Wildman–Crippen MR) is 71.7 cm³/mol. The van der Waals surface area contributed by atoms with E-state index < -0.39 is 16.0 Å². The summed E-state index contributed by atoms with van der Waals surface area (Å²) in [6.45, 7) is 0.375. The van der Waals surface area contributed by atoms with Crippen LogP contribution in [0.25, 0.3) is 0 Å². The van der Waals surface area contributed by atoms with Crippen molar-refractivity contribution in [1.29, 1.82) is 0 Å². The molecule has 0 spiro atoms. The number of carboxylic acid groups (broad SMARTS) is 1. The fourth-order valence-electron chi connectivity index (χ4n) is 1.54. The van der Waals surface area contributed by atoms with E-state index in [4.69, 9.17) is 9.84 Å². The topological polar surface area (TPSA) is 92.7 Å². The summed E-state index contributed by atoms with van der Waals surface area (Å²) < 4.78 is 30.7. The van der Waals surface area contributed by atoms with E-state index in [1.165, 1.54) is 13.2 Å². The Morgan fingerprint density at radius 3 is 2.79 bits per heavy atom. The number of methoxy groups -OCH3 is 1. The highest BCUT2D eigenvalue weighted by Gasteiger charge is 2.10. The van der Waals surface area contributed by atoms with E-state index >= 15 is 0 Å². The third-order valence-electron chi connectivity index (χ3n) is 2.32. The van der Waals surface area contributed by atoms with Crippen LogP contribution in [0.15, 0.2) is 24.3 Å². The monoisotopic (exact) mass is 287 g/mol. The van der Waals surface area contributed by atoms with E-state index in [0.29, 0.717) is 24.3 Å². The van der Waals surface area contributed by atoms with Crippen LogP contribution in [-0.4, -0.2) is 39.0 Å². The normalized spacial score (nSPS) is 11.2. The summed E-state index contributed by atoms with van der Waals surface area (Å²) in [6.07, 6.45) is 0.264. The van der Waals surface area contributed by atoms with Gasteiger partial charge in [-0.25, -0.2) is 8.42 Å². The number of aliphatic carboxylic acids is 1. The van der Waals surface area contributed by atoms with Crippen LogP contribution in [0.4, 0.5) is 5.69 Å². The second kappa shape index (κ2) is 7.10. The number of benzene rings is 1. The highest BCUT2D eigenvalue weighted by atomic mass is 32.2.